The van der Waals surface area contributed by atoms with Gasteiger partial charge in [-0.05, 0) is 120 Å². The molecular formula is C36H27Br2Cl2IN2O2. The van der Waals surface area contributed by atoms with E-state index in [4.69, 9.17) is 32.7 Å². The van der Waals surface area contributed by atoms with E-state index in [9.17, 15) is 0 Å². The second-order valence-corrected chi connectivity index (χ2v) is 13.1. The zero-order valence-corrected chi connectivity index (χ0v) is 30.6. The number of nitrogens with zero attached hydrogens (tertiary/aromatic N) is 2. The van der Waals surface area contributed by atoms with Gasteiger partial charge in [0.15, 0.2) is 0 Å². The summed E-state index contributed by atoms with van der Waals surface area (Å²) >= 11 is 21.0. The third-order valence-electron chi connectivity index (χ3n) is 6.00. The fraction of sp³-hybridized carbons (Fsp3) is 0.0556. The lowest BCUT2D eigenvalue weighted by Gasteiger charge is -2.13. The molecule has 0 radical (unpaired) electrons. The molecule has 0 saturated carbocycles. The fourth-order valence-corrected chi connectivity index (χ4v) is 5.77. The third-order valence-corrected chi connectivity index (χ3v) is 8.41. The number of rotatable bonds is 7. The molecule has 45 heavy (non-hydrogen) atoms. The Morgan fingerprint density at radius 2 is 1.16 bits per heavy atom. The molecule has 9 heteroatoms. The summed E-state index contributed by atoms with van der Waals surface area (Å²) in [5.74, 6) is 1.66. The number of halogens is 5. The number of aromatic nitrogens is 2. The largest absolute Gasteiger partial charge is 0.488 e. The Bertz CT molecular complexity index is 1770. The van der Waals surface area contributed by atoms with Gasteiger partial charge in [-0.1, -0.05) is 83.9 Å². The highest BCUT2D eigenvalue weighted by atomic mass is 127. The molecule has 0 aliphatic rings. The van der Waals surface area contributed by atoms with E-state index in [-0.39, 0.29) is 0 Å². The fourth-order valence-electron chi connectivity index (χ4n) is 3.84. The number of benzene rings is 4. The van der Waals surface area contributed by atoms with Gasteiger partial charge in [-0.25, -0.2) is 0 Å². The summed E-state index contributed by atoms with van der Waals surface area (Å²) < 4.78 is 14.7. The summed E-state index contributed by atoms with van der Waals surface area (Å²) in [6.45, 7) is 1.09. The van der Waals surface area contributed by atoms with E-state index in [1.165, 1.54) is 0 Å². The van der Waals surface area contributed by atoms with Crippen molar-refractivity contribution in [3.8, 4) is 22.6 Å². The molecule has 6 rings (SSSR count). The van der Waals surface area contributed by atoms with Crippen LogP contribution in [0.25, 0.3) is 11.1 Å². The molecule has 0 unspecified atom stereocenters. The summed E-state index contributed by atoms with van der Waals surface area (Å²) in [4.78, 5) is 7.93. The molecule has 228 valence electrons. The normalized spacial score (nSPS) is 10.1. The predicted octanol–water partition coefficient (Wildman–Crippen LogP) is 12.1. The van der Waals surface area contributed by atoms with Gasteiger partial charge in [-0.2, -0.15) is 0 Å². The van der Waals surface area contributed by atoms with Crippen LogP contribution in [-0.2, 0) is 13.2 Å². The predicted molar refractivity (Wildman–Crippen MR) is 200 cm³/mol. The second kappa shape index (κ2) is 18.9. The van der Waals surface area contributed by atoms with Crippen LogP contribution in [0, 0.1) is 3.57 Å². The summed E-state index contributed by atoms with van der Waals surface area (Å²) in [6, 6.07) is 37.2. The third kappa shape index (κ3) is 12.1. The van der Waals surface area contributed by atoms with Crippen LogP contribution in [0.5, 0.6) is 11.5 Å². The molecule has 0 bridgehead atoms. The summed E-state index contributed by atoms with van der Waals surface area (Å²) in [6.07, 6.45) is 7.00. The van der Waals surface area contributed by atoms with Gasteiger partial charge < -0.3 is 9.47 Å². The van der Waals surface area contributed by atoms with E-state index in [0.29, 0.717) is 18.2 Å². The minimum absolute atomic E-state index is 0.512. The number of hydrogen-bond donors (Lipinski definition) is 0. The zero-order valence-electron chi connectivity index (χ0n) is 23.8. The maximum atomic E-state index is 6.15. The van der Waals surface area contributed by atoms with Crippen LogP contribution in [0.2, 0.25) is 10.0 Å². The van der Waals surface area contributed by atoms with Gasteiger partial charge >= 0.3 is 0 Å². The van der Waals surface area contributed by atoms with Crippen LogP contribution >= 0.6 is 77.7 Å². The van der Waals surface area contributed by atoms with Gasteiger partial charge in [0.25, 0.3) is 0 Å². The number of pyridine rings is 2. The van der Waals surface area contributed by atoms with Gasteiger partial charge in [-0.3, -0.25) is 9.97 Å². The van der Waals surface area contributed by atoms with Crippen LogP contribution in [0.15, 0.2) is 149 Å². The molecule has 0 atom stereocenters. The lowest BCUT2D eigenvalue weighted by atomic mass is 10.1. The highest BCUT2D eigenvalue weighted by molar-refractivity contribution is 14.1. The molecule has 2 aromatic heterocycles. The van der Waals surface area contributed by atoms with Gasteiger partial charge in [0.2, 0.25) is 0 Å². The molecule has 0 amide bonds. The van der Waals surface area contributed by atoms with Crippen LogP contribution < -0.4 is 9.47 Å². The molecule has 4 nitrogen and oxygen atoms in total. The molecular weight excluding hydrogens is 850 g/mol. The lowest BCUT2D eigenvalue weighted by Crippen LogP contribution is -1.97. The molecule has 0 spiro atoms. The van der Waals surface area contributed by atoms with Crippen molar-refractivity contribution in [2.75, 3.05) is 0 Å². The van der Waals surface area contributed by atoms with E-state index in [0.717, 1.165) is 51.3 Å². The molecule has 2 heterocycles. The van der Waals surface area contributed by atoms with E-state index in [2.05, 4.69) is 64.4 Å². The Balaban J connectivity index is 0.000000174. The standard InChI is InChI=1S/C18H13BrClNO.C13H10ClIO.C5H4BrN/c19-17-11-21-9-8-15(17)16-10-14(20)6-7-18(16)22-12-13-4-2-1-3-5-13;14-11-6-7-13(12(15)8-11)16-9-10-4-2-1-3-5-10;6-5-2-1-3-7-4-5/h1-11H,12H2;1-8H,9H2;1-4H. The maximum Gasteiger partial charge on any atom is 0.133 e. The maximum absolute atomic E-state index is 6.15. The smallest absolute Gasteiger partial charge is 0.133 e. The number of ether oxygens (including phenoxy) is 2. The molecule has 6 aromatic rings. The molecule has 4 aromatic carbocycles. The Morgan fingerprint density at radius 3 is 1.69 bits per heavy atom. The van der Waals surface area contributed by atoms with Gasteiger partial charge in [0, 0.05) is 54.9 Å². The Kier molecular flexibility index (Phi) is 14.7. The van der Waals surface area contributed by atoms with Gasteiger partial charge in [0.1, 0.15) is 24.7 Å². The van der Waals surface area contributed by atoms with Crippen molar-refractivity contribution in [1.82, 2.24) is 9.97 Å². The summed E-state index contributed by atoms with van der Waals surface area (Å²) in [7, 11) is 0. The van der Waals surface area contributed by atoms with Crippen LogP contribution in [0.4, 0.5) is 0 Å². The first-order chi connectivity index (χ1) is 21.9. The Morgan fingerprint density at radius 1 is 0.578 bits per heavy atom. The van der Waals surface area contributed by atoms with Crippen LogP contribution in [0.1, 0.15) is 11.1 Å². The topological polar surface area (TPSA) is 44.2 Å². The average molecular weight is 877 g/mol. The van der Waals surface area contributed by atoms with Crippen molar-refractivity contribution in [1.29, 1.82) is 0 Å². The van der Waals surface area contributed by atoms with Crippen LogP contribution in [-0.4, -0.2) is 9.97 Å². The summed E-state index contributed by atoms with van der Waals surface area (Å²) in [5.41, 5.74) is 4.23. The highest BCUT2D eigenvalue weighted by Crippen LogP contribution is 2.36. The van der Waals surface area contributed by atoms with Crippen molar-refractivity contribution < 1.29 is 9.47 Å². The van der Waals surface area contributed by atoms with E-state index in [1.807, 2.05) is 115 Å². The van der Waals surface area contributed by atoms with E-state index < -0.39 is 0 Å². The molecule has 0 saturated heterocycles. The van der Waals surface area contributed by atoms with Crippen LogP contribution in [0.3, 0.4) is 0 Å². The monoisotopic (exact) mass is 874 g/mol. The first-order valence-electron chi connectivity index (χ1n) is 13.6. The van der Waals surface area contributed by atoms with Crippen molar-refractivity contribution >= 4 is 77.7 Å². The molecule has 0 aliphatic carbocycles. The quantitative estimate of drug-likeness (QED) is 0.150. The van der Waals surface area contributed by atoms with Gasteiger partial charge in [-0.15, -0.1) is 0 Å². The minimum Gasteiger partial charge on any atom is -0.488 e. The Labute approximate surface area is 304 Å². The Hall–Kier alpha value is -2.95. The van der Waals surface area contributed by atoms with Crippen molar-refractivity contribution in [2.24, 2.45) is 0 Å². The van der Waals surface area contributed by atoms with Crippen molar-refractivity contribution in [2.45, 2.75) is 13.2 Å². The highest BCUT2D eigenvalue weighted by Gasteiger charge is 2.11. The molecule has 0 N–H and O–H groups in total. The SMILES string of the molecule is Brc1cccnc1.Clc1ccc(OCc2ccccc2)c(-c2ccncc2Br)c1.Clc1ccc(OCc2ccccc2)c(I)c1. The van der Waals surface area contributed by atoms with Gasteiger partial charge in [0.05, 0.1) is 3.57 Å². The summed E-state index contributed by atoms with van der Waals surface area (Å²) in [5, 5.41) is 1.40. The number of hydrogen-bond acceptors (Lipinski definition) is 4. The van der Waals surface area contributed by atoms with Crippen molar-refractivity contribution in [3.05, 3.63) is 174 Å². The second-order valence-electron chi connectivity index (χ2n) is 9.29. The first-order valence-corrected chi connectivity index (χ1v) is 17.0. The first kappa shape index (κ1) is 34.9. The van der Waals surface area contributed by atoms with E-state index >= 15 is 0 Å². The average Bonchev–Trinajstić information content (AvgIpc) is 3.06. The molecule has 0 aliphatic heterocycles. The lowest BCUT2D eigenvalue weighted by molar-refractivity contribution is 0.304. The van der Waals surface area contributed by atoms with Crippen molar-refractivity contribution in [3.63, 3.8) is 0 Å². The molecule has 0 fully saturated rings. The minimum atomic E-state index is 0.512. The van der Waals surface area contributed by atoms with E-state index in [1.54, 1.807) is 24.8 Å². The zero-order chi connectivity index (χ0) is 31.9.